The highest BCUT2D eigenvalue weighted by Crippen LogP contribution is 2.47. The van der Waals surface area contributed by atoms with E-state index in [1.807, 2.05) is 10.9 Å². The summed E-state index contributed by atoms with van der Waals surface area (Å²) in [5.41, 5.74) is -3.76. The summed E-state index contributed by atoms with van der Waals surface area (Å²) in [5.74, 6) is -3.58. The molecule has 2 aromatic heterocycles. The van der Waals surface area contributed by atoms with Crippen LogP contribution < -0.4 is 15.4 Å². The lowest BCUT2D eigenvalue weighted by Gasteiger charge is -2.39. The van der Waals surface area contributed by atoms with Crippen molar-refractivity contribution in [1.29, 1.82) is 0 Å². The fourth-order valence-corrected chi connectivity index (χ4v) is 5.94. The number of carbonyl (C=O) groups excluding carboxylic acids is 1. The number of pyridine rings is 1. The van der Waals surface area contributed by atoms with Crippen molar-refractivity contribution >= 4 is 28.4 Å². The zero-order valence-corrected chi connectivity index (χ0v) is 24.4. The summed E-state index contributed by atoms with van der Waals surface area (Å²) in [6.07, 6.45) is 5.15. The Bertz CT molecular complexity index is 1820. The number of β-amino-alcohol motifs (C(OH)–C–C–N with tert-alkyl or cyclic N) is 1. The summed E-state index contributed by atoms with van der Waals surface area (Å²) in [6.45, 7) is -0.279. The van der Waals surface area contributed by atoms with E-state index in [2.05, 4.69) is 20.7 Å². The number of aliphatic hydroxyl groups is 2. The third-order valence-corrected chi connectivity index (χ3v) is 9.06. The number of rotatable bonds is 9. The van der Waals surface area contributed by atoms with Gasteiger partial charge in [-0.3, -0.25) is 9.48 Å². The van der Waals surface area contributed by atoms with Crippen LogP contribution >= 0.6 is 11.6 Å². The van der Waals surface area contributed by atoms with E-state index >= 15 is 4.39 Å². The van der Waals surface area contributed by atoms with Gasteiger partial charge in [-0.15, -0.1) is 0 Å². The lowest BCUT2D eigenvalue weighted by Crippen LogP contribution is -2.57. The average molecular weight is 628 g/mol. The highest BCUT2D eigenvalue weighted by molar-refractivity contribution is 6.31. The second-order valence-electron chi connectivity index (χ2n) is 11.9. The second-order valence-corrected chi connectivity index (χ2v) is 12.3. The summed E-state index contributed by atoms with van der Waals surface area (Å²) >= 11 is 5.90. The Kier molecular flexibility index (Phi) is 6.89. The van der Waals surface area contributed by atoms with Gasteiger partial charge in [-0.1, -0.05) is 11.6 Å². The number of benzene rings is 2. The summed E-state index contributed by atoms with van der Waals surface area (Å²) in [7, 11) is 1.50. The third-order valence-electron chi connectivity index (χ3n) is 8.77. The number of halogens is 4. The van der Waals surface area contributed by atoms with Crippen LogP contribution in [0, 0.1) is 23.4 Å². The molecule has 3 heterocycles. The third kappa shape index (κ3) is 4.90. The number of carbonyl (C=O) groups is 1. The van der Waals surface area contributed by atoms with Gasteiger partial charge in [0.1, 0.15) is 39.8 Å². The fourth-order valence-electron chi connectivity index (χ4n) is 5.78. The number of amides is 1. The van der Waals surface area contributed by atoms with Gasteiger partial charge in [-0.05, 0) is 55.9 Å². The normalized spacial score (nSPS) is 19.0. The fraction of sp³-hybridized carbons (Fsp3) is 0.387. The van der Waals surface area contributed by atoms with Crippen molar-refractivity contribution in [3.05, 3.63) is 75.8 Å². The smallest absolute Gasteiger partial charge is 0.251 e. The van der Waals surface area contributed by atoms with Crippen LogP contribution in [0.25, 0.3) is 22.2 Å². The molecule has 3 aliphatic rings. The molecule has 1 amide bonds. The quantitative estimate of drug-likeness (QED) is 0.204. The number of hydrogen-bond acceptors (Lipinski definition) is 7. The maximum Gasteiger partial charge on any atom is 0.251 e. The first-order chi connectivity index (χ1) is 21.0. The Morgan fingerprint density at radius 3 is 2.55 bits per heavy atom. The van der Waals surface area contributed by atoms with Gasteiger partial charge in [-0.2, -0.15) is 5.10 Å². The molecule has 230 valence electrons. The molecule has 0 radical (unpaired) electrons. The van der Waals surface area contributed by atoms with Crippen molar-refractivity contribution < 1.29 is 32.9 Å². The van der Waals surface area contributed by atoms with E-state index in [0.717, 1.165) is 24.3 Å². The van der Waals surface area contributed by atoms with Crippen LogP contribution in [0.2, 0.25) is 5.02 Å². The molecule has 44 heavy (non-hydrogen) atoms. The number of ether oxygens (including phenoxy) is 1. The Morgan fingerprint density at radius 1 is 1.16 bits per heavy atom. The molecule has 1 saturated heterocycles. The van der Waals surface area contributed by atoms with Crippen molar-refractivity contribution in [2.75, 3.05) is 26.7 Å². The zero-order valence-electron chi connectivity index (χ0n) is 23.6. The number of fused-ring (bicyclic) bond motifs is 1. The molecular weight excluding hydrogens is 599 g/mol. The minimum absolute atomic E-state index is 0.0136. The highest BCUT2D eigenvalue weighted by Gasteiger charge is 2.49. The van der Waals surface area contributed by atoms with E-state index in [1.54, 1.807) is 12.1 Å². The van der Waals surface area contributed by atoms with Crippen LogP contribution in [-0.4, -0.2) is 57.6 Å². The first-order valence-electron chi connectivity index (χ1n) is 14.4. The standard InChI is InChI=1S/C31H29ClF3N5O4/c1-44-24-7-15(6-16-11-40(18-4-5-18)39-27(16)24)29(41)37-14-31(43,17-2-3-17)25-9-20(30(42)12-36-13-30)26(35)28(38-25)19-8-21(32)23(34)10-22(19)33/h6-11,17-18,36,42-43H,2-5,12-14H2,1H3,(H,37,41)/t31-/m1/s1. The Labute approximate surface area is 255 Å². The lowest BCUT2D eigenvalue weighted by molar-refractivity contribution is -0.0194. The molecular formula is C31H29ClF3N5O4. The van der Waals surface area contributed by atoms with Crippen LogP contribution in [0.5, 0.6) is 5.75 Å². The van der Waals surface area contributed by atoms with E-state index in [4.69, 9.17) is 16.3 Å². The van der Waals surface area contributed by atoms with Crippen LogP contribution in [0.3, 0.4) is 0 Å². The van der Waals surface area contributed by atoms with Gasteiger partial charge in [0.05, 0.1) is 30.4 Å². The van der Waals surface area contributed by atoms with Crippen molar-refractivity contribution in [3.63, 3.8) is 0 Å². The number of methoxy groups -OCH3 is 1. The molecule has 1 aliphatic heterocycles. The summed E-state index contributed by atoms with van der Waals surface area (Å²) in [6, 6.07) is 6.31. The molecule has 4 N–H and O–H groups in total. The van der Waals surface area contributed by atoms with E-state index in [-0.39, 0.29) is 42.4 Å². The number of hydrogen-bond donors (Lipinski definition) is 4. The summed E-state index contributed by atoms with van der Waals surface area (Å²) in [5, 5.41) is 33.7. The SMILES string of the molecule is COc1cc(C(=O)NC[C@](O)(c2cc(C3(O)CNC3)c(F)c(-c3cc(Cl)c(F)cc3F)n2)C2CC2)cc2cn(C3CC3)nc12. The van der Waals surface area contributed by atoms with Crippen LogP contribution in [0.1, 0.15) is 53.3 Å². The van der Waals surface area contributed by atoms with Gasteiger partial charge in [0, 0.05) is 47.4 Å². The second kappa shape index (κ2) is 10.4. The minimum Gasteiger partial charge on any atom is -0.494 e. The van der Waals surface area contributed by atoms with Crippen molar-refractivity contribution in [2.24, 2.45) is 5.92 Å². The van der Waals surface area contributed by atoms with Crippen molar-refractivity contribution in [2.45, 2.75) is 42.9 Å². The minimum atomic E-state index is -1.80. The molecule has 2 saturated carbocycles. The molecule has 4 aromatic rings. The van der Waals surface area contributed by atoms with Gasteiger partial charge in [-0.25, -0.2) is 18.2 Å². The molecule has 13 heteroatoms. The number of aromatic nitrogens is 3. The monoisotopic (exact) mass is 627 g/mol. The number of nitrogens with one attached hydrogen (secondary N) is 2. The predicted octanol–water partition coefficient (Wildman–Crippen LogP) is 4.33. The van der Waals surface area contributed by atoms with Crippen LogP contribution in [0.15, 0.2) is 36.5 Å². The molecule has 0 unspecified atom stereocenters. The molecule has 2 aliphatic carbocycles. The van der Waals surface area contributed by atoms with E-state index in [0.29, 0.717) is 36.2 Å². The van der Waals surface area contributed by atoms with Gasteiger partial charge in [0.15, 0.2) is 5.82 Å². The molecule has 0 spiro atoms. The van der Waals surface area contributed by atoms with Crippen molar-refractivity contribution in [1.82, 2.24) is 25.4 Å². The van der Waals surface area contributed by atoms with Gasteiger partial charge in [0.2, 0.25) is 0 Å². The molecule has 2 aromatic carbocycles. The first kappa shape index (κ1) is 29.0. The highest BCUT2D eigenvalue weighted by atomic mass is 35.5. The first-order valence-corrected chi connectivity index (χ1v) is 14.8. The van der Waals surface area contributed by atoms with E-state index in [1.165, 1.54) is 13.2 Å². The predicted molar refractivity (Wildman–Crippen MR) is 155 cm³/mol. The maximum atomic E-state index is 15.9. The molecule has 9 nitrogen and oxygen atoms in total. The van der Waals surface area contributed by atoms with E-state index in [9.17, 15) is 23.8 Å². The van der Waals surface area contributed by atoms with E-state index < -0.39 is 50.8 Å². The number of nitrogens with zero attached hydrogens (tertiary/aromatic N) is 3. The Balaban J connectivity index is 1.25. The molecule has 7 rings (SSSR count). The summed E-state index contributed by atoms with van der Waals surface area (Å²) < 4.78 is 52.2. The molecule has 1 atom stereocenters. The maximum absolute atomic E-state index is 15.9. The van der Waals surface area contributed by atoms with Gasteiger partial charge < -0.3 is 25.6 Å². The van der Waals surface area contributed by atoms with Crippen LogP contribution in [-0.2, 0) is 11.2 Å². The van der Waals surface area contributed by atoms with Gasteiger partial charge >= 0.3 is 0 Å². The van der Waals surface area contributed by atoms with Crippen molar-refractivity contribution in [3.8, 4) is 17.0 Å². The van der Waals surface area contributed by atoms with Crippen LogP contribution in [0.4, 0.5) is 13.2 Å². The summed E-state index contributed by atoms with van der Waals surface area (Å²) in [4.78, 5) is 17.8. The largest absolute Gasteiger partial charge is 0.494 e. The zero-order chi connectivity index (χ0) is 31.0. The lowest BCUT2D eigenvalue weighted by atomic mass is 9.83. The Hall–Kier alpha value is -3.71. The van der Waals surface area contributed by atoms with Gasteiger partial charge in [0.25, 0.3) is 5.91 Å². The Morgan fingerprint density at radius 2 is 1.91 bits per heavy atom. The molecule has 0 bridgehead atoms. The topological polar surface area (TPSA) is 122 Å². The molecule has 3 fully saturated rings. The average Bonchev–Trinajstić information content (AvgIpc) is 3.93.